The second-order valence-corrected chi connectivity index (χ2v) is 20.3. The standard InChI is InChI=1S/C34H48P.C24H20B/c1-2-3-4-5-6-7-8-9-10-11-12-13-14-24-31-35(32-25-18-15-19-26-32,33-27-20-16-21-28-33)34-29-22-17-23-30-34;1-5-13-21(14-6-1)25(22-15-7-2-8-16-22,23-17-9-3-10-18-23)24-19-11-4-12-20-24/h15-23,25-30H,2-14,24,31H2,1H3;1-20H/q+1;-1. The zero-order chi connectivity index (χ0) is 41.4. The minimum Gasteiger partial charge on any atom is -0.195 e. The van der Waals surface area contributed by atoms with Gasteiger partial charge in [0.2, 0.25) is 0 Å². The molecule has 0 aliphatic rings. The Morgan fingerprint density at radius 2 is 0.483 bits per heavy atom. The van der Waals surface area contributed by atoms with E-state index in [0.29, 0.717) is 0 Å². The summed E-state index contributed by atoms with van der Waals surface area (Å²) in [4.78, 5) is 0. The predicted molar refractivity (Wildman–Crippen MR) is 270 cm³/mol. The third kappa shape index (κ3) is 11.9. The van der Waals surface area contributed by atoms with Crippen molar-refractivity contribution in [3.63, 3.8) is 0 Å². The minimum atomic E-state index is -1.64. The average molecular weight is 807 g/mol. The van der Waals surface area contributed by atoms with Gasteiger partial charge in [0.1, 0.15) is 29.3 Å². The maximum Gasteiger partial charge on any atom is 0.112 e. The summed E-state index contributed by atoms with van der Waals surface area (Å²) in [5, 5.41) is 4.56. The molecule has 7 aromatic rings. The second kappa shape index (κ2) is 25.0. The third-order valence-electron chi connectivity index (χ3n) is 12.6. The van der Waals surface area contributed by atoms with Crippen molar-refractivity contribution in [1.82, 2.24) is 0 Å². The summed E-state index contributed by atoms with van der Waals surface area (Å²) in [6.07, 6.45) is 19.8. The van der Waals surface area contributed by atoms with E-state index in [1.165, 1.54) is 134 Å². The van der Waals surface area contributed by atoms with Crippen LogP contribution in [0, 0.1) is 0 Å². The van der Waals surface area contributed by atoms with E-state index in [1.807, 2.05) is 0 Å². The lowest BCUT2D eigenvalue weighted by atomic mass is 9.13. The normalized spacial score (nSPS) is 11.4. The van der Waals surface area contributed by atoms with Crippen LogP contribution in [0.25, 0.3) is 0 Å². The van der Waals surface area contributed by atoms with Crippen molar-refractivity contribution in [2.45, 2.75) is 96.8 Å². The van der Waals surface area contributed by atoms with Gasteiger partial charge in [0.05, 0.1) is 6.16 Å². The van der Waals surface area contributed by atoms with Crippen LogP contribution in [0.2, 0.25) is 0 Å². The summed E-state index contributed by atoms with van der Waals surface area (Å²) < 4.78 is 0. The van der Waals surface area contributed by atoms with Gasteiger partial charge in [0.25, 0.3) is 0 Å². The van der Waals surface area contributed by atoms with Gasteiger partial charge in [-0.3, -0.25) is 0 Å². The van der Waals surface area contributed by atoms with Gasteiger partial charge in [-0.2, -0.15) is 21.9 Å². The van der Waals surface area contributed by atoms with E-state index in [0.717, 1.165) is 0 Å². The van der Waals surface area contributed by atoms with Crippen LogP contribution in [-0.4, -0.2) is 12.3 Å². The van der Waals surface area contributed by atoms with Gasteiger partial charge in [0, 0.05) is 0 Å². The summed E-state index contributed by atoms with van der Waals surface area (Å²) in [6.45, 7) is 2.30. The van der Waals surface area contributed by atoms with Gasteiger partial charge in [-0.05, 0) is 49.2 Å². The van der Waals surface area contributed by atoms with Crippen LogP contribution in [-0.2, 0) is 0 Å². The zero-order valence-corrected chi connectivity index (χ0v) is 37.2. The molecule has 60 heavy (non-hydrogen) atoms. The highest BCUT2D eigenvalue weighted by Crippen LogP contribution is 2.56. The molecule has 0 saturated carbocycles. The number of unbranched alkanes of at least 4 members (excludes halogenated alkanes) is 13. The van der Waals surface area contributed by atoms with Gasteiger partial charge in [-0.25, -0.2) is 0 Å². The Kier molecular flexibility index (Phi) is 18.5. The van der Waals surface area contributed by atoms with Gasteiger partial charge in [-0.15, -0.1) is 0 Å². The number of benzene rings is 7. The lowest BCUT2D eigenvalue weighted by molar-refractivity contribution is 0.538. The second-order valence-electron chi connectivity index (χ2n) is 16.6. The van der Waals surface area contributed by atoms with E-state index < -0.39 is 13.4 Å². The Balaban J connectivity index is 0.000000212. The Labute approximate surface area is 364 Å². The van der Waals surface area contributed by atoms with Crippen molar-refractivity contribution in [2.75, 3.05) is 6.16 Å². The summed E-state index contributed by atoms with van der Waals surface area (Å²) >= 11 is 0. The van der Waals surface area contributed by atoms with Crippen molar-refractivity contribution in [3.8, 4) is 0 Å². The lowest BCUT2D eigenvalue weighted by Crippen LogP contribution is -2.74. The molecule has 7 aromatic carbocycles. The molecule has 0 spiro atoms. The van der Waals surface area contributed by atoms with Gasteiger partial charge in [-0.1, -0.05) is 260 Å². The van der Waals surface area contributed by atoms with Crippen molar-refractivity contribution in [3.05, 3.63) is 212 Å². The molecule has 0 heterocycles. The van der Waals surface area contributed by atoms with Crippen molar-refractivity contribution in [1.29, 1.82) is 0 Å². The molecule has 0 amide bonds. The number of hydrogen-bond donors (Lipinski definition) is 0. The molecule has 308 valence electrons. The fourth-order valence-corrected chi connectivity index (χ4v) is 14.0. The molecule has 0 bridgehead atoms. The third-order valence-corrected chi connectivity index (χ3v) is 17.2. The van der Waals surface area contributed by atoms with E-state index in [2.05, 4.69) is 219 Å². The topological polar surface area (TPSA) is 0 Å². The van der Waals surface area contributed by atoms with Crippen LogP contribution in [0.15, 0.2) is 212 Å². The molecular formula is C58H68BP. The summed E-state index contributed by atoms with van der Waals surface area (Å²) in [6, 6.07) is 77.6. The highest BCUT2D eigenvalue weighted by Gasteiger charge is 2.44. The van der Waals surface area contributed by atoms with E-state index in [-0.39, 0.29) is 0 Å². The molecule has 2 heteroatoms. The maximum atomic E-state index is 2.37. The molecule has 0 saturated heterocycles. The monoisotopic (exact) mass is 807 g/mol. The number of rotatable bonds is 22. The highest BCUT2D eigenvalue weighted by molar-refractivity contribution is 7.95. The smallest absolute Gasteiger partial charge is 0.112 e. The van der Waals surface area contributed by atoms with E-state index in [4.69, 9.17) is 0 Å². The number of hydrogen-bond acceptors (Lipinski definition) is 0. The molecule has 0 aliphatic heterocycles. The fraction of sp³-hybridized carbons (Fsp3) is 0.276. The fourth-order valence-electron chi connectivity index (χ4n) is 9.55. The molecule has 0 nitrogen and oxygen atoms in total. The lowest BCUT2D eigenvalue weighted by Gasteiger charge is -2.44. The first kappa shape index (κ1) is 44.6. The highest BCUT2D eigenvalue weighted by atomic mass is 31.2. The van der Waals surface area contributed by atoms with Gasteiger partial charge < -0.3 is 0 Å². The van der Waals surface area contributed by atoms with E-state index in [1.54, 1.807) is 0 Å². The molecule has 0 N–H and O–H groups in total. The quantitative estimate of drug-likeness (QED) is 0.0364. The molecule has 0 fully saturated rings. The minimum absolute atomic E-state index is 1.22. The summed E-state index contributed by atoms with van der Waals surface area (Å²) in [5.41, 5.74) is 5.36. The Morgan fingerprint density at radius 1 is 0.267 bits per heavy atom. The molecule has 7 rings (SSSR count). The summed E-state index contributed by atoms with van der Waals surface area (Å²) in [5.74, 6) is 0. The predicted octanol–water partition coefficient (Wildman–Crippen LogP) is 12.5. The van der Waals surface area contributed by atoms with Crippen LogP contribution in [0.3, 0.4) is 0 Å². The van der Waals surface area contributed by atoms with Crippen LogP contribution in [0.5, 0.6) is 0 Å². The SMILES string of the molecule is CCCCCCCCCCCCCCCC[P+](c1ccccc1)(c1ccccc1)c1ccccc1.c1ccc([B-](c2ccccc2)(c2ccccc2)c2ccccc2)cc1. The van der Waals surface area contributed by atoms with Crippen LogP contribution in [0.1, 0.15) is 96.8 Å². The Morgan fingerprint density at radius 3 is 0.733 bits per heavy atom. The van der Waals surface area contributed by atoms with Crippen LogP contribution < -0.4 is 37.8 Å². The molecule has 0 aromatic heterocycles. The van der Waals surface area contributed by atoms with Gasteiger partial charge in [0.15, 0.2) is 0 Å². The first-order chi connectivity index (χ1) is 29.8. The van der Waals surface area contributed by atoms with Crippen LogP contribution in [0.4, 0.5) is 0 Å². The first-order valence-corrected chi connectivity index (χ1v) is 25.2. The van der Waals surface area contributed by atoms with Crippen LogP contribution >= 0.6 is 7.26 Å². The molecule has 0 aliphatic carbocycles. The van der Waals surface area contributed by atoms with E-state index >= 15 is 0 Å². The van der Waals surface area contributed by atoms with Gasteiger partial charge >= 0.3 is 0 Å². The maximum absolute atomic E-state index is 2.37. The van der Waals surface area contributed by atoms with Crippen molar-refractivity contribution < 1.29 is 0 Å². The molecule has 0 atom stereocenters. The largest absolute Gasteiger partial charge is 0.195 e. The Hall–Kier alpha value is -4.97. The summed E-state index contributed by atoms with van der Waals surface area (Å²) in [7, 11) is -1.64. The van der Waals surface area contributed by atoms with E-state index in [9.17, 15) is 0 Å². The average Bonchev–Trinajstić information content (AvgIpc) is 3.33. The molecule has 0 unspecified atom stereocenters. The molecular weight excluding hydrogens is 738 g/mol. The zero-order valence-electron chi connectivity index (χ0n) is 36.3. The van der Waals surface area contributed by atoms with Crippen molar-refractivity contribution >= 4 is 51.2 Å². The Bertz CT molecular complexity index is 1860. The molecule has 0 radical (unpaired) electrons. The first-order valence-electron chi connectivity index (χ1n) is 23.2. The van der Waals surface area contributed by atoms with Crippen molar-refractivity contribution in [2.24, 2.45) is 0 Å².